The maximum Gasteiger partial charge on any atom is 0.227 e. The van der Waals surface area contributed by atoms with Gasteiger partial charge in [-0.25, -0.2) is 4.98 Å². The molecular formula is C14H19Cl2N5. The molecule has 2 N–H and O–H groups in total. The van der Waals surface area contributed by atoms with Gasteiger partial charge in [-0.1, -0.05) is 11.6 Å². The Hall–Kier alpha value is -1.30. The summed E-state index contributed by atoms with van der Waals surface area (Å²) < 4.78 is 0. The molecule has 1 aromatic heterocycles. The van der Waals surface area contributed by atoms with E-state index in [1.165, 1.54) is 0 Å². The zero-order valence-electron chi connectivity index (χ0n) is 12.1. The third kappa shape index (κ3) is 3.15. The van der Waals surface area contributed by atoms with Crippen LogP contribution in [0.4, 0.5) is 11.8 Å². The van der Waals surface area contributed by atoms with E-state index in [0.29, 0.717) is 11.1 Å². The summed E-state index contributed by atoms with van der Waals surface area (Å²) in [5, 5.41) is 8.09. The summed E-state index contributed by atoms with van der Waals surface area (Å²) in [5.74, 6) is 1.60. The lowest BCUT2D eigenvalue weighted by molar-refractivity contribution is 0.616. The smallest absolute Gasteiger partial charge is 0.227 e. The molecule has 1 aromatic carbocycles. The van der Waals surface area contributed by atoms with Crippen LogP contribution in [0.3, 0.4) is 0 Å². The Morgan fingerprint density at radius 1 is 1.29 bits per heavy atom. The van der Waals surface area contributed by atoms with Gasteiger partial charge >= 0.3 is 0 Å². The van der Waals surface area contributed by atoms with Crippen LogP contribution in [0.15, 0.2) is 18.2 Å². The minimum atomic E-state index is 0. The lowest BCUT2D eigenvalue weighted by Crippen LogP contribution is -2.30. The topological polar surface area (TPSA) is 53.1 Å². The van der Waals surface area contributed by atoms with E-state index in [1.54, 1.807) is 0 Å². The molecular weight excluding hydrogens is 309 g/mol. The normalized spacial score (nSPS) is 17.9. The van der Waals surface area contributed by atoms with Gasteiger partial charge in [0.1, 0.15) is 5.82 Å². The van der Waals surface area contributed by atoms with Crippen LogP contribution in [0, 0.1) is 0 Å². The molecule has 21 heavy (non-hydrogen) atoms. The monoisotopic (exact) mass is 327 g/mol. The van der Waals surface area contributed by atoms with Crippen LogP contribution in [-0.2, 0) is 0 Å². The second-order valence-electron chi connectivity index (χ2n) is 5.00. The van der Waals surface area contributed by atoms with E-state index < -0.39 is 0 Å². The molecule has 5 nitrogen and oxygen atoms in total. The number of hydrogen-bond donors (Lipinski definition) is 2. The average Bonchev–Trinajstić information content (AvgIpc) is 2.95. The van der Waals surface area contributed by atoms with Crippen molar-refractivity contribution in [2.75, 3.05) is 37.4 Å². The highest BCUT2D eigenvalue weighted by molar-refractivity contribution is 6.31. The van der Waals surface area contributed by atoms with Gasteiger partial charge in [0.05, 0.1) is 5.52 Å². The van der Waals surface area contributed by atoms with Crippen molar-refractivity contribution in [1.82, 2.24) is 15.3 Å². The van der Waals surface area contributed by atoms with Crippen molar-refractivity contribution in [1.29, 1.82) is 0 Å². The Labute approximate surface area is 135 Å². The van der Waals surface area contributed by atoms with Crippen LogP contribution in [0.25, 0.3) is 10.9 Å². The van der Waals surface area contributed by atoms with Crippen molar-refractivity contribution in [2.45, 2.75) is 12.5 Å². The van der Waals surface area contributed by atoms with Gasteiger partial charge in [-0.2, -0.15) is 4.98 Å². The number of aromatic nitrogens is 2. The predicted molar refractivity (Wildman–Crippen MR) is 91.0 cm³/mol. The molecule has 0 aliphatic carbocycles. The van der Waals surface area contributed by atoms with Gasteiger partial charge in [-0.05, 0) is 31.7 Å². The Balaban J connectivity index is 0.00000161. The van der Waals surface area contributed by atoms with Crippen LogP contribution in [0.2, 0.25) is 5.02 Å². The van der Waals surface area contributed by atoms with Crippen LogP contribution >= 0.6 is 24.0 Å². The summed E-state index contributed by atoms with van der Waals surface area (Å²) in [4.78, 5) is 11.5. The Morgan fingerprint density at radius 3 is 2.76 bits per heavy atom. The molecule has 2 aromatic rings. The minimum absolute atomic E-state index is 0. The lowest BCUT2D eigenvalue weighted by atomic mass is 10.2. The molecule has 0 radical (unpaired) electrons. The quantitative estimate of drug-likeness (QED) is 0.907. The number of halogens is 2. The standard InChI is InChI=1S/C14H18ClN5.ClH/c1-16-10-5-6-20(8-10)14-18-12-4-3-9(15)7-11(12)13(17-2)19-14;/h3-4,7,10,16H,5-6,8H2,1-2H3,(H,17,18,19);1H. The van der Waals surface area contributed by atoms with Crippen molar-refractivity contribution in [3.63, 3.8) is 0 Å². The summed E-state index contributed by atoms with van der Waals surface area (Å²) in [5.41, 5.74) is 0.914. The van der Waals surface area contributed by atoms with Gasteiger partial charge in [0.2, 0.25) is 5.95 Å². The molecule has 0 spiro atoms. The Kier molecular flexibility index (Phi) is 5.08. The van der Waals surface area contributed by atoms with Crippen molar-refractivity contribution in [3.8, 4) is 0 Å². The first-order valence-electron chi connectivity index (χ1n) is 6.78. The highest BCUT2D eigenvalue weighted by atomic mass is 35.5. The van der Waals surface area contributed by atoms with Crippen molar-refractivity contribution in [2.24, 2.45) is 0 Å². The minimum Gasteiger partial charge on any atom is -0.372 e. The van der Waals surface area contributed by atoms with Gasteiger partial charge < -0.3 is 15.5 Å². The number of likely N-dealkylation sites (N-methyl/N-ethyl adjacent to an activating group) is 1. The van der Waals surface area contributed by atoms with Gasteiger partial charge in [0, 0.05) is 36.6 Å². The number of fused-ring (bicyclic) bond motifs is 1. The van der Waals surface area contributed by atoms with Crippen LogP contribution in [0.1, 0.15) is 6.42 Å². The van der Waals surface area contributed by atoms with Gasteiger partial charge in [0.25, 0.3) is 0 Å². The Morgan fingerprint density at radius 2 is 2.10 bits per heavy atom. The second kappa shape index (κ2) is 6.64. The number of anilines is 2. The summed E-state index contributed by atoms with van der Waals surface area (Å²) in [6.07, 6.45) is 1.12. The number of nitrogens with one attached hydrogen (secondary N) is 2. The van der Waals surface area contributed by atoms with Crippen molar-refractivity contribution >= 4 is 46.7 Å². The van der Waals surface area contributed by atoms with E-state index >= 15 is 0 Å². The molecule has 3 rings (SSSR count). The summed E-state index contributed by atoms with van der Waals surface area (Å²) >= 11 is 6.05. The molecule has 1 fully saturated rings. The zero-order chi connectivity index (χ0) is 14.1. The van der Waals surface area contributed by atoms with E-state index in [1.807, 2.05) is 32.3 Å². The number of rotatable bonds is 3. The highest BCUT2D eigenvalue weighted by Gasteiger charge is 2.23. The molecule has 7 heteroatoms. The van der Waals surface area contributed by atoms with E-state index in [4.69, 9.17) is 11.6 Å². The first-order valence-corrected chi connectivity index (χ1v) is 7.16. The molecule has 0 saturated carbocycles. The van der Waals surface area contributed by atoms with Crippen LogP contribution < -0.4 is 15.5 Å². The van der Waals surface area contributed by atoms with Crippen molar-refractivity contribution in [3.05, 3.63) is 23.2 Å². The first-order chi connectivity index (χ1) is 9.71. The van der Waals surface area contributed by atoms with E-state index in [-0.39, 0.29) is 12.4 Å². The molecule has 2 heterocycles. The molecule has 1 saturated heterocycles. The van der Waals surface area contributed by atoms with E-state index in [2.05, 4.69) is 25.5 Å². The fourth-order valence-corrected chi connectivity index (χ4v) is 2.77. The molecule has 1 atom stereocenters. The Bertz CT molecular complexity index is 634. The van der Waals surface area contributed by atoms with Crippen LogP contribution in [0.5, 0.6) is 0 Å². The average molecular weight is 328 g/mol. The first kappa shape index (κ1) is 16.1. The fourth-order valence-electron chi connectivity index (χ4n) is 2.60. The van der Waals surface area contributed by atoms with E-state index in [0.717, 1.165) is 42.2 Å². The number of nitrogens with zero attached hydrogens (tertiary/aromatic N) is 3. The number of hydrogen-bond acceptors (Lipinski definition) is 5. The predicted octanol–water partition coefficient (Wildman–Crippen LogP) is 2.54. The maximum absolute atomic E-state index is 6.05. The highest BCUT2D eigenvalue weighted by Crippen LogP contribution is 2.27. The third-order valence-electron chi connectivity index (χ3n) is 3.76. The number of benzene rings is 1. The lowest BCUT2D eigenvalue weighted by Gasteiger charge is -2.18. The molecule has 0 amide bonds. The van der Waals surface area contributed by atoms with Gasteiger partial charge in [-0.3, -0.25) is 0 Å². The maximum atomic E-state index is 6.05. The molecule has 114 valence electrons. The SMILES string of the molecule is CNc1nc(N2CCC(NC)C2)nc2ccc(Cl)cc12.Cl. The third-order valence-corrected chi connectivity index (χ3v) is 4.00. The molecule has 1 aliphatic rings. The fraction of sp³-hybridized carbons (Fsp3) is 0.429. The van der Waals surface area contributed by atoms with Gasteiger partial charge in [-0.15, -0.1) is 12.4 Å². The molecule has 1 unspecified atom stereocenters. The summed E-state index contributed by atoms with van der Waals surface area (Å²) in [6, 6.07) is 6.21. The van der Waals surface area contributed by atoms with E-state index in [9.17, 15) is 0 Å². The zero-order valence-corrected chi connectivity index (χ0v) is 13.6. The van der Waals surface area contributed by atoms with Gasteiger partial charge in [0.15, 0.2) is 0 Å². The molecule has 0 bridgehead atoms. The molecule has 1 aliphatic heterocycles. The largest absolute Gasteiger partial charge is 0.372 e. The summed E-state index contributed by atoms with van der Waals surface area (Å²) in [7, 11) is 3.86. The van der Waals surface area contributed by atoms with Crippen LogP contribution in [-0.4, -0.2) is 43.2 Å². The second-order valence-corrected chi connectivity index (χ2v) is 5.44. The summed E-state index contributed by atoms with van der Waals surface area (Å²) in [6.45, 7) is 1.92. The van der Waals surface area contributed by atoms with Crippen molar-refractivity contribution < 1.29 is 0 Å².